The van der Waals surface area contributed by atoms with Crippen molar-refractivity contribution >= 4 is 23.3 Å². The summed E-state index contributed by atoms with van der Waals surface area (Å²) in [6.45, 7) is 0.950. The summed E-state index contributed by atoms with van der Waals surface area (Å²) in [5.74, 6) is -1.42. The Hall–Kier alpha value is -0.870. The van der Waals surface area contributed by atoms with Gasteiger partial charge in [0.2, 0.25) is 11.3 Å². The molecule has 85 valence electrons. The zero-order valence-corrected chi connectivity index (χ0v) is 9.75. The van der Waals surface area contributed by atoms with Crippen LogP contribution in [0.25, 0.3) is 0 Å². The minimum absolute atomic E-state index is 0.446. The molecule has 1 amide bonds. The number of hydrogen-bond acceptors (Lipinski definition) is 3. The second-order valence-corrected chi connectivity index (χ2v) is 3.77. The lowest BCUT2D eigenvalue weighted by molar-refractivity contribution is -0.120. The Morgan fingerprint density at radius 1 is 1.40 bits per heavy atom. The number of halogens is 1. The van der Waals surface area contributed by atoms with E-state index in [1.54, 1.807) is 6.08 Å². The first-order valence-electron chi connectivity index (χ1n) is 4.63. The second kappa shape index (κ2) is 7.43. The number of carbonyl (C=O) groups excluding carboxylic acids is 2. The highest BCUT2D eigenvalue weighted by molar-refractivity contribution is 6.52. The number of allylic oxidation sites excluding steroid dienone is 2. The summed E-state index contributed by atoms with van der Waals surface area (Å²) in [6, 6.07) is 0. The molecule has 0 unspecified atom stereocenters. The number of nitrogens with two attached hydrogens (primary N) is 1. The normalized spacial score (nSPS) is 11.5. The van der Waals surface area contributed by atoms with Crippen LogP contribution in [0.2, 0.25) is 0 Å². The number of ketones is 1. The largest absolute Gasteiger partial charge is 0.368 e. The lowest BCUT2D eigenvalue weighted by Gasteiger charge is -2.06. The van der Waals surface area contributed by atoms with Crippen molar-refractivity contribution in [1.29, 1.82) is 0 Å². The number of rotatable bonds is 7. The average molecular weight is 232 g/mol. The quantitative estimate of drug-likeness (QED) is 0.399. The van der Waals surface area contributed by atoms with Crippen LogP contribution in [-0.4, -0.2) is 37.2 Å². The highest BCUT2D eigenvalue weighted by Crippen LogP contribution is 2.07. The lowest BCUT2D eigenvalue weighted by atomic mass is 10.2. The van der Waals surface area contributed by atoms with E-state index < -0.39 is 17.1 Å². The molecule has 0 aliphatic rings. The fourth-order valence-corrected chi connectivity index (χ4v) is 0.973. The van der Waals surface area contributed by atoms with Gasteiger partial charge >= 0.3 is 0 Å². The Balaban J connectivity index is 3.77. The maximum atomic E-state index is 11.1. The van der Waals surface area contributed by atoms with E-state index in [2.05, 4.69) is 4.90 Å². The minimum Gasteiger partial charge on any atom is -0.368 e. The molecule has 0 heterocycles. The Morgan fingerprint density at radius 2 is 2.00 bits per heavy atom. The van der Waals surface area contributed by atoms with Crippen molar-refractivity contribution in [3.05, 3.63) is 17.5 Å². The molecule has 15 heavy (non-hydrogen) atoms. The van der Waals surface area contributed by atoms with Crippen LogP contribution in [0.15, 0.2) is 12.2 Å². The molecule has 2 N–H and O–H groups in total. The van der Waals surface area contributed by atoms with E-state index in [4.69, 9.17) is 17.3 Å². The van der Waals surface area contributed by atoms with Gasteiger partial charge in [0.05, 0.1) is 0 Å². The van der Waals surface area contributed by atoms with E-state index in [-0.39, 0.29) is 0 Å². The molecule has 0 atom stereocenters. The third-order valence-corrected chi connectivity index (χ3v) is 2.05. The Kier molecular flexibility index (Phi) is 6.99. The van der Waals surface area contributed by atoms with Gasteiger partial charge in [-0.15, -0.1) is 0 Å². The molecule has 0 aliphatic carbocycles. The van der Waals surface area contributed by atoms with Crippen LogP contribution in [0, 0.1) is 5.38 Å². The molecular weight excluding hydrogens is 216 g/mol. The molecule has 0 saturated heterocycles. The first-order chi connectivity index (χ1) is 6.95. The van der Waals surface area contributed by atoms with Crippen LogP contribution in [0.1, 0.15) is 12.8 Å². The molecule has 0 aliphatic heterocycles. The van der Waals surface area contributed by atoms with Gasteiger partial charge in [0, 0.05) is 0 Å². The van der Waals surface area contributed by atoms with Gasteiger partial charge < -0.3 is 10.6 Å². The third-order valence-electron chi connectivity index (χ3n) is 1.68. The number of amides is 1. The van der Waals surface area contributed by atoms with Crippen LogP contribution < -0.4 is 5.73 Å². The fourth-order valence-electron chi connectivity index (χ4n) is 0.910. The topological polar surface area (TPSA) is 63.4 Å². The highest BCUT2D eigenvalue weighted by Gasteiger charge is 2.19. The number of nitrogens with zero attached hydrogens (tertiary/aromatic N) is 1. The van der Waals surface area contributed by atoms with E-state index >= 15 is 0 Å². The van der Waals surface area contributed by atoms with E-state index in [9.17, 15) is 9.59 Å². The van der Waals surface area contributed by atoms with Gasteiger partial charge in [-0.05, 0) is 39.6 Å². The molecule has 0 aromatic carbocycles. The number of hydrogen-bond donors (Lipinski definition) is 1. The van der Waals surface area contributed by atoms with Gasteiger partial charge in [0.1, 0.15) is 0 Å². The van der Waals surface area contributed by atoms with Gasteiger partial charge in [-0.2, -0.15) is 0 Å². The molecule has 0 aromatic rings. The average Bonchev–Trinajstić information content (AvgIpc) is 2.15. The van der Waals surface area contributed by atoms with Gasteiger partial charge in [-0.25, -0.2) is 0 Å². The van der Waals surface area contributed by atoms with Gasteiger partial charge in [0.25, 0.3) is 0 Å². The first-order valence-corrected chi connectivity index (χ1v) is 5.00. The fraction of sp³-hybridized carbons (Fsp3) is 0.500. The van der Waals surface area contributed by atoms with Crippen molar-refractivity contribution in [2.24, 2.45) is 5.73 Å². The highest BCUT2D eigenvalue weighted by atomic mass is 35.5. The van der Waals surface area contributed by atoms with E-state index in [0.717, 1.165) is 19.4 Å². The lowest BCUT2D eigenvalue weighted by Crippen LogP contribution is -2.22. The van der Waals surface area contributed by atoms with Crippen LogP contribution >= 0.6 is 11.6 Å². The smallest absolute Gasteiger partial charge is 0.249 e. The van der Waals surface area contributed by atoms with Crippen molar-refractivity contribution < 1.29 is 9.59 Å². The molecule has 0 aromatic heterocycles. The van der Waals surface area contributed by atoms with Crippen LogP contribution in [0.3, 0.4) is 0 Å². The number of unbranched alkanes of at least 4 members (excludes halogenated alkanes) is 1. The van der Waals surface area contributed by atoms with Gasteiger partial charge in [0.15, 0.2) is 5.78 Å². The SMILES string of the molecule is CN(C)CCCC=CC(=O)[C](Cl)C(N)=O. The Bertz CT molecular complexity index is 252. The van der Waals surface area contributed by atoms with Crippen molar-refractivity contribution in [3.63, 3.8) is 0 Å². The summed E-state index contributed by atoms with van der Waals surface area (Å²) >= 11 is 5.36. The predicted octanol–water partition coefficient (Wildman–Crippen LogP) is 0.710. The Labute approximate surface area is 95.1 Å². The zero-order chi connectivity index (χ0) is 11.8. The van der Waals surface area contributed by atoms with E-state index in [1.807, 2.05) is 14.1 Å². The van der Waals surface area contributed by atoms with Gasteiger partial charge in [-0.1, -0.05) is 17.7 Å². The monoisotopic (exact) mass is 231 g/mol. The molecule has 5 heteroatoms. The van der Waals surface area contributed by atoms with Crippen LogP contribution in [-0.2, 0) is 9.59 Å². The van der Waals surface area contributed by atoms with E-state index in [1.165, 1.54) is 6.08 Å². The van der Waals surface area contributed by atoms with Gasteiger partial charge in [-0.3, -0.25) is 9.59 Å². The summed E-state index contributed by atoms with van der Waals surface area (Å²) in [5, 5.41) is -0.446. The molecule has 1 radical (unpaired) electrons. The van der Waals surface area contributed by atoms with Crippen molar-refractivity contribution in [2.45, 2.75) is 12.8 Å². The van der Waals surface area contributed by atoms with Crippen molar-refractivity contribution in [1.82, 2.24) is 4.90 Å². The minimum atomic E-state index is -0.889. The van der Waals surface area contributed by atoms with Crippen LogP contribution in [0.5, 0.6) is 0 Å². The summed E-state index contributed by atoms with van der Waals surface area (Å²) in [7, 11) is 3.96. The number of primary amides is 1. The predicted molar refractivity (Wildman–Crippen MR) is 60.2 cm³/mol. The molecule has 0 bridgehead atoms. The molecule has 4 nitrogen and oxygen atoms in total. The molecule has 0 spiro atoms. The third kappa shape index (κ3) is 7.11. The van der Waals surface area contributed by atoms with Crippen molar-refractivity contribution in [3.8, 4) is 0 Å². The summed E-state index contributed by atoms with van der Waals surface area (Å²) < 4.78 is 0. The number of carbonyl (C=O) groups is 2. The van der Waals surface area contributed by atoms with Crippen LogP contribution in [0.4, 0.5) is 0 Å². The molecule has 0 fully saturated rings. The molecule has 0 rings (SSSR count). The first kappa shape index (κ1) is 14.1. The van der Waals surface area contributed by atoms with Crippen molar-refractivity contribution in [2.75, 3.05) is 20.6 Å². The molecular formula is C10H16ClN2O2. The Morgan fingerprint density at radius 3 is 2.47 bits per heavy atom. The maximum absolute atomic E-state index is 11.1. The maximum Gasteiger partial charge on any atom is 0.249 e. The summed E-state index contributed by atoms with van der Waals surface area (Å²) in [6.07, 6.45) is 4.69. The van der Waals surface area contributed by atoms with E-state index in [0.29, 0.717) is 0 Å². The summed E-state index contributed by atoms with van der Waals surface area (Å²) in [5.41, 5.74) is 4.84. The summed E-state index contributed by atoms with van der Waals surface area (Å²) in [4.78, 5) is 23.7. The standard InChI is InChI=1S/C10H16ClN2O2/c1-13(2)7-5-3-4-6-8(14)9(11)10(12)15/h4,6H,3,5,7H2,1-2H3,(H2,12,15). The zero-order valence-electron chi connectivity index (χ0n) is 9.00. The molecule has 0 saturated carbocycles. The second-order valence-electron chi connectivity index (χ2n) is 3.39.